The van der Waals surface area contributed by atoms with E-state index in [9.17, 15) is 0 Å². The first-order valence-corrected chi connectivity index (χ1v) is 8.48. The molecule has 0 unspecified atom stereocenters. The normalized spacial score (nSPS) is 24.8. The van der Waals surface area contributed by atoms with Crippen LogP contribution < -0.4 is 5.73 Å². The van der Waals surface area contributed by atoms with Crippen molar-refractivity contribution < 1.29 is 0 Å². The van der Waals surface area contributed by atoms with Gasteiger partial charge in [0.05, 0.1) is 0 Å². The van der Waals surface area contributed by atoms with Crippen LogP contribution in [0, 0.1) is 10.8 Å². The van der Waals surface area contributed by atoms with Gasteiger partial charge in [0.15, 0.2) is 0 Å². The van der Waals surface area contributed by atoms with E-state index >= 15 is 0 Å². The van der Waals surface area contributed by atoms with E-state index in [-0.39, 0.29) is 0 Å². The molecule has 0 radical (unpaired) electrons. The number of piperidine rings is 1. The summed E-state index contributed by atoms with van der Waals surface area (Å²) in [6.45, 7) is 9.39. The third kappa shape index (κ3) is 4.46. The lowest BCUT2D eigenvalue weighted by atomic mass is 9.68. The summed E-state index contributed by atoms with van der Waals surface area (Å²) in [6.07, 6.45) is 13.0. The number of hydrogen-bond donors (Lipinski definition) is 1. The largest absolute Gasteiger partial charge is 0.330 e. The Hall–Kier alpha value is -0.0800. The molecule has 1 aliphatic carbocycles. The van der Waals surface area contributed by atoms with Gasteiger partial charge in [-0.25, -0.2) is 0 Å². The maximum Gasteiger partial charge on any atom is -0.00134 e. The minimum atomic E-state index is 0.334. The van der Waals surface area contributed by atoms with Crippen molar-refractivity contribution in [1.82, 2.24) is 4.90 Å². The average molecular weight is 266 g/mol. The molecule has 19 heavy (non-hydrogen) atoms. The lowest BCUT2D eigenvalue weighted by Crippen LogP contribution is -2.41. The molecule has 1 saturated heterocycles. The maximum absolute atomic E-state index is 5.81. The highest BCUT2D eigenvalue weighted by Gasteiger charge is 2.35. The van der Waals surface area contributed by atoms with E-state index in [1.165, 1.54) is 77.4 Å². The molecule has 0 bridgehead atoms. The van der Waals surface area contributed by atoms with Gasteiger partial charge in [0.25, 0.3) is 0 Å². The molecule has 112 valence electrons. The van der Waals surface area contributed by atoms with Crippen LogP contribution in [0.15, 0.2) is 0 Å². The minimum absolute atomic E-state index is 0.334. The van der Waals surface area contributed by atoms with Gasteiger partial charge >= 0.3 is 0 Å². The second-order valence-electron chi connectivity index (χ2n) is 7.87. The van der Waals surface area contributed by atoms with Crippen molar-refractivity contribution in [2.75, 3.05) is 26.2 Å². The Morgan fingerprint density at radius 2 is 1.63 bits per heavy atom. The van der Waals surface area contributed by atoms with Crippen molar-refractivity contribution >= 4 is 0 Å². The Bertz CT molecular complexity index is 256. The summed E-state index contributed by atoms with van der Waals surface area (Å²) in [5.41, 5.74) is 6.89. The van der Waals surface area contributed by atoms with Crippen LogP contribution >= 0.6 is 0 Å². The predicted molar refractivity (Wildman–Crippen MR) is 83.3 cm³/mol. The number of rotatable bonds is 5. The Labute approximate surface area is 120 Å². The quantitative estimate of drug-likeness (QED) is 0.820. The molecule has 1 spiro atoms. The SMILES string of the molecule is CC(C)(CN)CCCN1CCC2(CCCCC2)CC1. The Morgan fingerprint density at radius 1 is 1.00 bits per heavy atom. The molecule has 0 aromatic rings. The van der Waals surface area contributed by atoms with Gasteiger partial charge in [-0.2, -0.15) is 0 Å². The summed E-state index contributed by atoms with van der Waals surface area (Å²) in [6, 6.07) is 0. The topological polar surface area (TPSA) is 29.3 Å². The van der Waals surface area contributed by atoms with E-state index in [1.54, 1.807) is 0 Å². The summed E-state index contributed by atoms with van der Waals surface area (Å²) in [4.78, 5) is 2.70. The van der Waals surface area contributed by atoms with Gasteiger partial charge in [0.2, 0.25) is 0 Å². The molecular weight excluding hydrogens is 232 g/mol. The van der Waals surface area contributed by atoms with Crippen LogP contribution in [0.1, 0.15) is 71.6 Å². The van der Waals surface area contributed by atoms with Gasteiger partial charge in [-0.3, -0.25) is 0 Å². The van der Waals surface area contributed by atoms with Crippen LogP contribution in [0.3, 0.4) is 0 Å². The highest BCUT2D eigenvalue weighted by molar-refractivity contribution is 4.88. The molecule has 0 aromatic carbocycles. The van der Waals surface area contributed by atoms with E-state index in [0.29, 0.717) is 5.41 Å². The van der Waals surface area contributed by atoms with Gasteiger partial charge in [-0.15, -0.1) is 0 Å². The average Bonchev–Trinajstić information content (AvgIpc) is 2.42. The second kappa shape index (κ2) is 6.58. The molecule has 0 aromatic heterocycles. The number of nitrogens with zero attached hydrogens (tertiary/aromatic N) is 1. The molecule has 2 fully saturated rings. The number of hydrogen-bond acceptors (Lipinski definition) is 2. The van der Waals surface area contributed by atoms with Gasteiger partial charge in [-0.05, 0) is 75.5 Å². The molecule has 1 heterocycles. The van der Waals surface area contributed by atoms with E-state index < -0.39 is 0 Å². The van der Waals surface area contributed by atoms with Crippen LogP contribution in [0.2, 0.25) is 0 Å². The first kappa shape index (κ1) is 15.3. The van der Waals surface area contributed by atoms with E-state index in [1.807, 2.05) is 0 Å². The monoisotopic (exact) mass is 266 g/mol. The van der Waals surface area contributed by atoms with Crippen LogP contribution in [0.25, 0.3) is 0 Å². The Kier molecular flexibility index (Phi) is 5.30. The summed E-state index contributed by atoms with van der Waals surface area (Å²) in [7, 11) is 0. The predicted octanol–water partition coefficient (Wildman–Crippen LogP) is 3.80. The lowest BCUT2D eigenvalue weighted by Gasteiger charge is -2.44. The van der Waals surface area contributed by atoms with Gasteiger partial charge in [0.1, 0.15) is 0 Å². The third-order valence-electron chi connectivity index (χ3n) is 5.71. The van der Waals surface area contributed by atoms with Gasteiger partial charge in [0, 0.05) is 0 Å². The summed E-state index contributed by atoms with van der Waals surface area (Å²) in [5.74, 6) is 0. The van der Waals surface area contributed by atoms with Crippen LogP contribution in [0.4, 0.5) is 0 Å². The molecule has 2 heteroatoms. The Morgan fingerprint density at radius 3 is 2.21 bits per heavy atom. The van der Waals surface area contributed by atoms with Crippen molar-refractivity contribution in [3.8, 4) is 0 Å². The van der Waals surface area contributed by atoms with Crippen molar-refractivity contribution in [2.24, 2.45) is 16.6 Å². The number of nitrogens with two attached hydrogens (primary N) is 1. The fraction of sp³-hybridized carbons (Fsp3) is 1.00. The van der Waals surface area contributed by atoms with Crippen molar-refractivity contribution in [1.29, 1.82) is 0 Å². The molecule has 1 aliphatic heterocycles. The van der Waals surface area contributed by atoms with Crippen molar-refractivity contribution in [2.45, 2.75) is 71.6 Å². The molecule has 2 aliphatic rings. The van der Waals surface area contributed by atoms with Crippen LogP contribution in [-0.2, 0) is 0 Å². The van der Waals surface area contributed by atoms with Crippen molar-refractivity contribution in [3.63, 3.8) is 0 Å². The highest BCUT2D eigenvalue weighted by Crippen LogP contribution is 2.44. The van der Waals surface area contributed by atoms with Crippen molar-refractivity contribution in [3.05, 3.63) is 0 Å². The summed E-state index contributed by atoms with van der Waals surface area (Å²) >= 11 is 0. The molecular formula is C17H34N2. The molecule has 2 nitrogen and oxygen atoms in total. The molecule has 2 rings (SSSR count). The molecule has 1 saturated carbocycles. The zero-order chi connectivity index (χ0) is 13.8. The smallest absolute Gasteiger partial charge is 0.00134 e. The first-order valence-electron chi connectivity index (χ1n) is 8.48. The van der Waals surface area contributed by atoms with E-state index in [0.717, 1.165) is 12.0 Å². The molecule has 0 amide bonds. The van der Waals surface area contributed by atoms with E-state index in [4.69, 9.17) is 5.73 Å². The van der Waals surface area contributed by atoms with Crippen LogP contribution in [-0.4, -0.2) is 31.1 Å². The minimum Gasteiger partial charge on any atom is -0.330 e. The fourth-order valence-electron chi connectivity index (χ4n) is 3.94. The third-order valence-corrected chi connectivity index (χ3v) is 5.71. The zero-order valence-corrected chi connectivity index (χ0v) is 13.2. The number of likely N-dealkylation sites (tertiary alicyclic amines) is 1. The van der Waals surface area contributed by atoms with Crippen LogP contribution in [0.5, 0.6) is 0 Å². The fourth-order valence-corrected chi connectivity index (χ4v) is 3.94. The molecule has 2 N–H and O–H groups in total. The lowest BCUT2D eigenvalue weighted by molar-refractivity contribution is 0.0656. The standard InChI is InChI=1S/C17H34N2/c1-16(2,15-18)7-6-12-19-13-10-17(11-14-19)8-4-3-5-9-17/h3-15,18H2,1-2H3. The van der Waals surface area contributed by atoms with E-state index in [2.05, 4.69) is 18.7 Å². The first-order chi connectivity index (χ1) is 9.05. The van der Waals surface area contributed by atoms with Gasteiger partial charge < -0.3 is 10.6 Å². The zero-order valence-electron chi connectivity index (χ0n) is 13.2. The molecule has 0 atom stereocenters. The summed E-state index contributed by atoms with van der Waals surface area (Å²) < 4.78 is 0. The maximum atomic E-state index is 5.81. The highest BCUT2D eigenvalue weighted by atomic mass is 15.1. The second-order valence-corrected chi connectivity index (χ2v) is 7.87. The van der Waals surface area contributed by atoms with Gasteiger partial charge in [-0.1, -0.05) is 33.1 Å². The Balaban J connectivity index is 1.66. The summed E-state index contributed by atoms with van der Waals surface area (Å²) in [5, 5.41) is 0.